The van der Waals surface area contributed by atoms with Crippen molar-refractivity contribution in [3.05, 3.63) is 35.4 Å². The molecule has 24 heavy (non-hydrogen) atoms. The van der Waals surface area contributed by atoms with E-state index >= 15 is 0 Å². The van der Waals surface area contributed by atoms with Gasteiger partial charge in [-0.3, -0.25) is 4.79 Å². The van der Waals surface area contributed by atoms with Gasteiger partial charge in [0.15, 0.2) is 0 Å². The van der Waals surface area contributed by atoms with E-state index in [2.05, 4.69) is 45.0 Å². The van der Waals surface area contributed by atoms with Crippen LogP contribution in [-0.2, 0) is 16.0 Å². The minimum Gasteiger partial charge on any atom is -0.462 e. The molecule has 0 bridgehead atoms. The van der Waals surface area contributed by atoms with E-state index in [1.165, 1.54) is 17.5 Å². The molecule has 0 amide bonds. The maximum atomic E-state index is 12.0. The SMILES string of the molecule is CCCCCC(=O)OC(CCCC)CCCCc1ccc(C)cc1. The molecule has 0 radical (unpaired) electrons. The molecule has 1 aromatic carbocycles. The molecule has 0 spiro atoms. The zero-order valence-corrected chi connectivity index (χ0v) is 16.0. The van der Waals surface area contributed by atoms with Crippen molar-refractivity contribution in [1.82, 2.24) is 0 Å². The van der Waals surface area contributed by atoms with Crippen molar-refractivity contribution in [3.8, 4) is 0 Å². The molecule has 2 nitrogen and oxygen atoms in total. The Bertz CT molecular complexity index is 436. The fraction of sp³-hybridized carbons (Fsp3) is 0.682. The molecule has 0 aliphatic carbocycles. The van der Waals surface area contributed by atoms with Crippen LogP contribution in [0.1, 0.15) is 89.2 Å². The van der Waals surface area contributed by atoms with E-state index in [0.29, 0.717) is 6.42 Å². The van der Waals surface area contributed by atoms with Gasteiger partial charge in [0.05, 0.1) is 0 Å². The molecule has 2 heteroatoms. The van der Waals surface area contributed by atoms with Crippen LogP contribution in [0.25, 0.3) is 0 Å². The van der Waals surface area contributed by atoms with Gasteiger partial charge in [0.1, 0.15) is 6.10 Å². The zero-order chi connectivity index (χ0) is 17.6. The highest BCUT2D eigenvalue weighted by molar-refractivity contribution is 5.69. The van der Waals surface area contributed by atoms with E-state index in [9.17, 15) is 4.79 Å². The van der Waals surface area contributed by atoms with Gasteiger partial charge in [0, 0.05) is 6.42 Å². The zero-order valence-electron chi connectivity index (χ0n) is 16.0. The average molecular weight is 333 g/mol. The summed E-state index contributed by atoms with van der Waals surface area (Å²) in [4.78, 5) is 12.0. The summed E-state index contributed by atoms with van der Waals surface area (Å²) in [5.74, 6) is 0.00286. The molecule has 1 unspecified atom stereocenters. The second-order valence-corrected chi connectivity index (χ2v) is 6.94. The van der Waals surface area contributed by atoms with Gasteiger partial charge >= 0.3 is 5.97 Å². The Labute approximate surface area is 149 Å². The van der Waals surface area contributed by atoms with Crippen LogP contribution in [0.5, 0.6) is 0 Å². The lowest BCUT2D eigenvalue weighted by molar-refractivity contribution is -0.150. The van der Waals surface area contributed by atoms with E-state index in [-0.39, 0.29) is 12.1 Å². The molecule has 1 aromatic rings. The molecule has 0 saturated heterocycles. The third-order valence-corrected chi connectivity index (χ3v) is 4.52. The predicted octanol–water partition coefficient (Wildman–Crippen LogP) is 6.39. The van der Waals surface area contributed by atoms with E-state index in [4.69, 9.17) is 4.74 Å². The van der Waals surface area contributed by atoms with Gasteiger partial charge in [-0.2, -0.15) is 0 Å². The second-order valence-electron chi connectivity index (χ2n) is 6.94. The van der Waals surface area contributed by atoms with Crippen LogP contribution in [0.15, 0.2) is 24.3 Å². The fourth-order valence-electron chi connectivity index (χ4n) is 2.91. The molecular weight excluding hydrogens is 296 g/mol. The van der Waals surface area contributed by atoms with Crippen molar-refractivity contribution >= 4 is 5.97 Å². The van der Waals surface area contributed by atoms with E-state index in [1.807, 2.05) is 0 Å². The molecule has 0 fully saturated rings. The first kappa shape index (κ1) is 20.7. The summed E-state index contributed by atoms with van der Waals surface area (Å²) in [6.07, 6.45) is 11.7. The number of esters is 1. The summed E-state index contributed by atoms with van der Waals surface area (Å²) in [5.41, 5.74) is 2.72. The largest absolute Gasteiger partial charge is 0.462 e. The van der Waals surface area contributed by atoms with Crippen molar-refractivity contribution < 1.29 is 9.53 Å². The Hall–Kier alpha value is -1.31. The lowest BCUT2D eigenvalue weighted by Gasteiger charge is -2.18. The maximum absolute atomic E-state index is 12.0. The molecule has 0 heterocycles. The van der Waals surface area contributed by atoms with Crippen LogP contribution in [0.3, 0.4) is 0 Å². The third-order valence-electron chi connectivity index (χ3n) is 4.52. The number of rotatable bonds is 13. The Morgan fingerprint density at radius 2 is 1.58 bits per heavy atom. The highest BCUT2D eigenvalue weighted by Crippen LogP contribution is 2.16. The minimum atomic E-state index is 0.00286. The van der Waals surface area contributed by atoms with Gasteiger partial charge in [-0.1, -0.05) is 69.4 Å². The van der Waals surface area contributed by atoms with Gasteiger partial charge in [0.2, 0.25) is 0 Å². The number of hydrogen-bond donors (Lipinski definition) is 0. The summed E-state index contributed by atoms with van der Waals surface area (Å²) in [5, 5.41) is 0. The summed E-state index contributed by atoms with van der Waals surface area (Å²) in [6, 6.07) is 8.80. The molecule has 136 valence electrons. The quantitative estimate of drug-likeness (QED) is 0.309. The standard InChI is InChI=1S/C22H36O2/c1-4-6-8-14-22(23)24-21(12-7-5-2)13-10-9-11-20-17-15-19(3)16-18-20/h15-18,21H,4-14H2,1-3H3. The first-order chi connectivity index (χ1) is 11.7. The van der Waals surface area contributed by atoms with Gasteiger partial charge in [-0.15, -0.1) is 0 Å². The van der Waals surface area contributed by atoms with Gasteiger partial charge in [-0.25, -0.2) is 0 Å². The van der Waals surface area contributed by atoms with E-state index in [1.54, 1.807) is 0 Å². The molecule has 0 aliphatic heterocycles. The number of hydrogen-bond acceptors (Lipinski definition) is 2. The molecule has 1 atom stereocenters. The van der Waals surface area contributed by atoms with Crippen LogP contribution < -0.4 is 0 Å². The van der Waals surface area contributed by atoms with Crippen molar-refractivity contribution in [2.45, 2.75) is 97.5 Å². The normalized spacial score (nSPS) is 12.1. The summed E-state index contributed by atoms with van der Waals surface area (Å²) < 4.78 is 5.73. The Morgan fingerprint density at radius 3 is 2.25 bits per heavy atom. The van der Waals surface area contributed by atoms with Crippen LogP contribution in [0.4, 0.5) is 0 Å². The third kappa shape index (κ3) is 9.75. The molecular formula is C22H36O2. The topological polar surface area (TPSA) is 26.3 Å². The van der Waals surface area contributed by atoms with Gasteiger partial charge < -0.3 is 4.74 Å². The monoisotopic (exact) mass is 332 g/mol. The number of carbonyl (C=O) groups excluding carboxylic acids is 1. The van der Waals surface area contributed by atoms with E-state index < -0.39 is 0 Å². The summed E-state index contributed by atoms with van der Waals surface area (Å²) in [7, 11) is 0. The highest BCUT2D eigenvalue weighted by Gasteiger charge is 2.13. The summed E-state index contributed by atoms with van der Waals surface area (Å²) in [6.45, 7) is 6.47. The maximum Gasteiger partial charge on any atom is 0.306 e. The summed E-state index contributed by atoms with van der Waals surface area (Å²) >= 11 is 0. The molecule has 0 aromatic heterocycles. The minimum absolute atomic E-state index is 0.00286. The highest BCUT2D eigenvalue weighted by atomic mass is 16.5. The molecule has 0 N–H and O–H groups in total. The fourth-order valence-corrected chi connectivity index (χ4v) is 2.91. The number of ether oxygens (including phenoxy) is 1. The second kappa shape index (κ2) is 13.0. The van der Waals surface area contributed by atoms with Crippen LogP contribution in [-0.4, -0.2) is 12.1 Å². The number of benzene rings is 1. The number of aryl methyl sites for hydroxylation is 2. The van der Waals surface area contributed by atoms with Crippen LogP contribution >= 0.6 is 0 Å². The Balaban J connectivity index is 2.28. The van der Waals surface area contributed by atoms with Crippen LogP contribution in [0, 0.1) is 6.92 Å². The predicted molar refractivity (Wildman–Crippen MR) is 102 cm³/mol. The average Bonchev–Trinajstić information content (AvgIpc) is 2.58. The van der Waals surface area contributed by atoms with Crippen molar-refractivity contribution in [2.75, 3.05) is 0 Å². The molecule has 0 aliphatic rings. The lowest BCUT2D eigenvalue weighted by Crippen LogP contribution is -2.18. The van der Waals surface area contributed by atoms with Crippen molar-refractivity contribution in [3.63, 3.8) is 0 Å². The number of unbranched alkanes of at least 4 members (excludes halogenated alkanes) is 4. The van der Waals surface area contributed by atoms with Crippen molar-refractivity contribution in [1.29, 1.82) is 0 Å². The first-order valence-electron chi connectivity index (χ1n) is 9.90. The molecule has 0 saturated carbocycles. The Kier molecular flexibility index (Phi) is 11.3. The first-order valence-corrected chi connectivity index (χ1v) is 9.90. The molecule has 1 rings (SSSR count). The van der Waals surface area contributed by atoms with E-state index in [0.717, 1.165) is 57.8 Å². The number of carbonyl (C=O) groups is 1. The van der Waals surface area contributed by atoms with Gasteiger partial charge in [-0.05, 0) is 51.0 Å². The smallest absolute Gasteiger partial charge is 0.306 e. The van der Waals surface area contributed by atoms with Crippen LogP contribution in [0.2, 0.25) is 0 Å². The van der Waals surface area contributed by atoms with Crippen molar-refractivity contribution in [2.24, 2.45) is 0 Å². The lowest BCUT2D eigenvalue weighted by atomic mass is 10.0. The van der Waals surface area contributed by atoms with Gasteiger partial charge in [0.25, 0.3) is 0 Å². The Morgan fingerprint density at radius 1 is 0.917 bits per heavy atom.